The standard InChI is InChI=1S/C14H19NO3/c1-9(10-4-2-3-5-10)15-14(18)11-6-12(16)8-13(17)7-11/h6-10,16-17H,2-5H2,1H3,(H,15,18). The molecule has 1 aromatic rings. The number of rotatable bonds is 3. The Labute approximate surface area is 107 Å². The van der Waals surface area contributed by atoms with Gasteiger partial charge in [0.05, 0.1) is 0 Å². The highest BCUT2D eigenvalue weighted by molar-refractivity contribution is 5.95. The van der Waals surface area contributed by atoms with Crippen molar-refractivity contribution in [2.24, 2.45) is 5.92 Å². The maximum Gasteiger partial charge on any atom is 0.251 e. The van der Waals surface area contributed by atoms with Gasteiger partial charge in [0, 0.05) is 17.7 Å². The Hall–Kier alpha value is -1.71. The van der Waals surface area contributed by atoms with Crippen molar-refractivity contribution in [2.75, 3.05) is 0 Å². The average Bonchev–Trinajstić information content (AvgIpc) is 2.80. The topological polar surface area (TPSA) is 69.6 Å². The lowest BCUT2D eigenvalue weighted by atomic mass is 9.99. The first kappa shape index (κ1) is 12.7. The van der Waals surface area contributed by atoms with E-state index in [0.29, 0.717) is 5.92 Å². The molecule has 1 amide bonds. The van der Waals surface area contributed by atoms with Crippen molar-refractivity contribution in [1.82, 2.24) is 5.32 Å². The lowest BCUT2D eigenvalue weighted by molar-refractivity contribution is 0.0926. The Morgan fingerprint density at radius 1 is 1.22 bits per heavy atom. The van der Waals surface area contributed by atoms with Crippen LogP contribution >= 0.6 is 0 Å². The molecule has 0 bridgehead atoms. The predicted molar refractivity (Wildman–Crippen MR) is 68.7 cm³/mol. The van der Waals surface area contributed by atoms with E-state index in [1.165, 1.54) is 31.0 Å². The van der Waals surface area contributed by atoms with Crippen LogP contribution in [0.3, 0.4) is 0 Å². The fourth-order valence-corrected chi connectivity index (χ4v) is 2.59. The molecule has 0 saturated heterocycles. The molecule has 0 heterocycles. The predicted octanol–water partition coefficient (Wildman–Crippen LogP) is 2.41. The van der Waals surface area contributed by atoms with E-state index in [1.807, 2.05) is 6.92 Å². The zero-order chi connectivity index (χ0) is 13.1. The summed E-state index contributed by atoms with van der Waals surface area (Å²) in [5.74, 6) is 0.0859. The van der Waals surface area contributed by atoms with Gasteiger partial charge in [-0.15, -0.1) is 0 Å². The average molecular weight is 249 g/mol. The van der Waals surface area contributed by atoms with Crippen LogP contribution in [0, 0.1) is 5.92 Å². The zero-order valence-corrected chi connectivity index (χ0v) is 10.5. The summed E-state index contributed by atoms with van der Waals surface area (Å²) in [4.78, 5) is 12.0. The monoisotopic (exact) mass is 249 g/mol. The molecule has 1 unspecified atom stereocenters. The van der Waals surface area contributed by atoms with Crippen LogP contribution in [0.4, 0.5) is 0 Å². The normalized spacial score (nSPS) is 17.6. The Morgan fingerprint density at radius 2 is 1.78 bits per heavy atom. The van der Waals surface area contributed by atoms with Gasteiger partial charge >= 0.3 is 0 Å². The van der Waals surface area contributed by atoms with Gasteiger partial charge in [-0.1, -0.05) is 12.8 Å². The van der Waals surface area contributed by atoms with E-state index in [1.54, 1.807) is 0 Å². The molecule has 1 aromatic carbocycles. The smallest absolute Gasteiger partial charge is 0.251 e. The molecule has 4 heteroatoms. The minimum absolute atomic E-state index is 0.103. The fraction of sp³-hybridized carbons (Fsp3) is 0.500. The Kier molecular flexibility index (Phi) is 3.75. The Bertz CT molecular complexity index is 418. The molecule has 1 fully saturated rings. The third-order valence-electron chi connectivity index (χ3n) is 3.63. The molecule has 0 aliphatic heterocycles. The van der Waals surface area contributed by atoms with Crippen molar-refractivity contribution in [3.63, 3.8) is 0 Å². The molecular formula is C14H19NO3. The summed E-state index contributed by atoms with van der Waals surface area (Å²) in [6.45, 7) is 2.01. The number of phenols is 2. The highest BCUT2D eigenvalue weighted by Crippen LogP contribution is 2.28. The largest absolute Gasteiger partial charge is 0.508 e. The number of hydrogen-bond acceptors (Lipinski definition) is 3. The van der Waals surface area contributed by atoms with E-state index >= 15 is 0 Å². The van der Waals surface area contributed by atoms with Crippen molar-refractivity contribution in [3.05, 3.63) is 23.8 Å². The molecule has 98 valence electrons. The molecule has 0 aromatic heterocycles. The molecule has 4 nitrogen and oxygen atoms in total. The number of carbonyl (C=O) groups excluding carboxylic acids is 1. The number of hydrogen-bond donors (Lipinski definition) is 3. The van der Waals surface area contributed by atoms with E-state index in [4.69, 9.17) is 0 Å². The van der Waals surface area contributed by atoms with Gasteiger partial charge in [0.2, 0.25) is 0 Å². The molecular weight excluding hydrogens is 230 g/mol. The van der Waals surface area contributed by atoms with Crippen LogP contribution in [-0.2, 0) is 0 Å². The van der Waals surface area contributed by atoms with Gasteiger partial charge in [-0.05, 0) is 37.8 Å². The third kappa shape index (κ3) is 2.94. The molecule has 1 saturated carbocycles. The van der Waals surface area contributed by atoms with Crippen molar-refractivity contribution in [2.45, 2.75) is 38.6 Å². The van der Waals surface area contributed by atoms with Gasteiger partial charge in [-0.2, -0.15) is 0 Å². The first-order chi connectivity index (χ1) is 8.56. The quantitative estimate of drug-likeness (QED) is 0.770. The minimum Gasteiger partial charge on any atom is -0.508 e. The second-order valence-corrected chi connectivity index (χ2v) is 5.04. The zero-order valence-electron chi connectivity index (χ0n) is 10.5. The van der Waals surface area contributed by atoms with E-state index in [0.717, 1.165) is 12.8 Å². The highest BCUT2D eigenvalue weighted by atomic mass is 16.3. The van der Waals surface area contributed by atoms with E-state index in [9.17, 15) is 15.0 Å². The Balaban J connectivity index is 2.02. The molecule has 2 rings (SSSR count). The number of phenolic OH excluding ortho intramolecular Hbond substituents is 2. The maximum atomic E-state index is 12.0. The van der Waals surface area contributed by atoms with Gasteiger partial charge in [-0.3, -0.25) is 4.79 Å². The lowest BCUT2D eigenvalue weighted by Crippen LogP contribution is -2.37. The van der Waals surface area contributed by atoms with Crippen LogP contribution in [0.15, 0.2) is 18.2 Å². The number of carbonyl (C=O) groups is 1. The van der Waals surface area contributed by atoms with E-state index in [2.05, 4.69) is 5.32 Å². The van der Waals surface area contributed by atoms with Gasteiger partial charge in [-0.25, -0.2) is 0 Å². The second kappa shape index (κ2) is 5.29. The maximum absolute atomic E-state index is 12.0. The summed E-state index contributed by atoms with van der Waals surface area (Å²) in [6, 6.07) is 4.05. The SMILES string of the molecule is CC(NC(=O)c1cc(O)cc(O)c1)C1CCCC1. The molecule has 18 heavy (non-hydrogen) atoms. The summed E-state index contributed by atoms with van der Waals surface area (Å²) in [5, 5.41) is 21.6. The second-order valence-electron chi connectivity index (χ2n) is 5.04. The number of nitrogens with one attached hydrogen (secondary N) is 1. The van der Waals surface area contributed by atoms with Gasteiger partial charge in [0.15, 0.2) is 0 Å². The number of amides is 1. The summed E-state index contributed by atoms with van der Waals surface area (Å²) in [7, 11) is 0. The molecule has 1 aliphatic carbocycles. The summed E-state index contributed by atoms with van der Waals surface area (Å²) in [6.07, 6.45) is 4.79. The summed E-state index contributed by atoms with van der Waals surface area (Å²) in [5.41, 5.74) is 0.289. The first-order valence-electron chi connectivity index (χ1n) is 6.40. The van der Waals surface area contributed by atoms with Crippen molar-refractivity contribution >= 4 is 5.91 Å². The molecule has 0 radical (unpaired) electrons. The summed E-state index contributed by atoms with van der Waals surface area (Å²) >= 11 is 0. The number of benzene rings is 1. The van der Waals surface area contributed by atoms with Gasteiger partial charge in [0.1, 0.15) is 11.5 Å². The van der Waals surface area contributed by atoms with Gasteiger partial charge < -0.3 is 15.5 Å². The first-order valence-corrected chi connectivity index (χ1v) is 6.40. The van der Waals surface area contributed by atoms with Crippen LogP contribution in [0.1, 0.15) is 43.0 Å². The molecule has 3 N–H and O–H groups in total. The van der Waals surface area contributed by atoms with Crippen LogP contribution in [0.25, 0.3) is 0 Å². The molecule has 1 atom stereocenters. The third-order valence-corrected chi connectivity index (χ3v) is 3.63. The minimum atomic E-state index is -0.249. The molecule has 0 spiro atoms. The lowest BCUT2D eigenvalue weighted by Gasteiger charge is -2.20. The van der Waals surface area contributed by atoms with Crippen LogP contribution in [-0.4, -0.2) is 22.2 Å². The van der Waals surface area contributed by atoms with E-state index in [-0.39, 0.29) is 29.0 Å². The van der Waals surface area contributed by atoms with Crippen molar-refractivity contribution in [1.29, 1.82) is 0 Å². The van der Waals surface area contributed by atoms with Crippen LogP contribution < -0.4 is 5.32 Å². The number of aromatic hydroxyl groups is 2. The molecule has 1 aliphatic rings. The van der Waals surface area contributed by atoms with Crippen molar-refractivity contribution in [3.8, 4) is 11.5 Å². The van der Waals surface area contributed by atoms with Crippen molar-refractivity contribution < 1.29 is 15.0 Å². The van der Waals surface area contributed by atoms with Gasteiger partial charge in [0.25, 0.3) is 5.91 Å². The summed E-state index contributed by atoms with van der Waals surface area (Å²) < 4.78 is 0. The van der Waals surface area contributed by atoms with Crippen LogP contribution in [0.5, 0.6) is 11.5 Å². The Morgan fingerprint density at radius 3 is 2.33 bits per heavy atom. The van der Waals surface area contributed by atoms with Crippen LogP contribution in [0.2, 0.25) is 0 Å². The fourth-order valence-electron chi connectivity index (χ4n) is 2.59. The highest BCUT2D eigenvalue weighted by Gasteiger charge is 2.23. The van der Waals surface area contributed by atoms with E-state index < -0.39 is 0 Å².